The van der Waals surface area contributed by atoms with Crippen LogP contribution in [0.3, 0.4) is 0 Å². The maximum Gasteiger partial charge on any atom is 0.346 e. The number of benzene rings is 1. The van der Waals surface area contributed by atoms with E-state index in [0.29, 0.717) is 0 Å². The summed E-state index contributed by atoms with van der Waals surface area (Å²) in [6.45, 7) is 28.7. The second kappa shape index (κ2) is 15.4. The Morgan fingerprint density at radius 2 is 0.878 bits per heavy atom. The molecule has 0 aliphatic heterocycles. The van der Waals surface area contributed by atoms with Crippen molar-refractivity contribution in [3.05, 3.63) is 28.8 Å². The fraction of sp³-hybridized carbons (Fsp3) is 0.812. The molecule has 9 heteroatoms. The van der Waals surface area contributed by atoms with Crippen LogP contribution in [0.25, 0.3) is 0 Å². The first-order valence-corrected chi connectivity index (χ1v) is 18.4. The molecule has 0 bridgehead atoms. The van der Waals surface area contributed by atoms with Crippen molar-refractivity contribution < 1.29 is 32.3 Å². The van der Waals surface area contributed by atoms with Gasteiger partial charge in [-0.25, -0.2) is 0 Å². The number of hydrogen-bond acceptors (Lipinski definition) is 7. The Kier molecular flexibility index (Phi) is 14.4. The molecule has 0 spiro atoms. The zero-order valence-corrected chi connectivity index (χ0v) is 30.2. The van der Waals surface area contributed by atoms with E-state index in [4.69, 9.17) is 18.1 Å². The minimum absolute atomic E-state index is 0.0767. The van der Waals surface area contributed by atoms with Crippen molar-refractivity contribution in [1.82, 2.24) is 0 Å². The maximum absolute atomic E-state index is 14.9. The van der Waals surface area contributed by atoms with Crippen LogP contribution in [0.4, 0.5) is 0 Å². The largest absolute Gasteiger partial charge is 0.507 e. The maximum atomic E-state index is 14.9. The summed E-state index contributed by atoms with van der Waals surface area (Å²) >= 11 is 0. The highest BCUT2D eigenvalue weighted by atomic mass is 31.2. The van der Waals surface area contributed by atoms with Crippen LogP contribution in [0.2, 0.25) is 0 Å². The fourth-order valence-corrected chi connectivity index (χ4v) is 9.91. The molecular weight excluding hydrogens is 558 g/mol. The van der Waals surface area contributed by atoms with Gasteiger partial charge in [0.05, 0.1) is 26.4 Å². The van der Waals surface area contributed by atoms with Crippen molar-refractivity contribution in [2.45, 2.75) is 120 Å². The van der Waals surface area contributed by atoms with Crippen LogP contribution in [0.15, 0.2) is 12.1 Å². The molecule has 0 fully saturated rings. The van der Waals surface area contributed by atoms with Crippen molar-refractivity contribution in [3.8, 4) is 5.75 Å². The highest BCUT2D eigenvalue weighted by molar-refractivity contribution is 7.72. The van der Waals surface area contributed by atoms with Crippen LogP contribution in [0.1, 0.15) is 114 Å². The third-order valence-corrected chi connectivity index (χ3v) is 11.8. The minimum Gasteiger partial charge on any atom is -0.507 e. The normalized spacial score (nSPS) is 13.9. The van der Waals surface area contributed by atoms with E-state index >= 15 is 0 Å². The Labute approximate surface area is 251 Å². The molecule has 0 radical (unpaired) electrons. The highest BCUT2D eigenvalue weighted by Crippen LogP contribution is 2.71. The molecule has 7 nitrogen and oxygen atoms in total. The van der Waals surface area contributed by atoms with Gasteiger partial charge in [0.2, 0.25) is 0 Å². The van der Waals surface area contributed by atoms with Gasteiger partial charge in [0.1, 0.15) is 5.75 Å². The quantitative estimate of drug-likeness (QED) is 0.184. The Balaban J connectivity index is 3.99. The van der Waals surface area contributed by atoms with Gasteiger partial charge in [0, 0.05) is 0 Å². The minimum atomic E-state index is -4.04. The zero-order chi connectivity index (χ0) is 32.0. The first kappa shape index (κ1) is 38.3. The number of hydrogen-bond donors (Lipinski definition) is 1. The molecule has 0 atom stereocenters. The Bertz CT molecular complexity index is 940. The number of aromatic hydroxyl groups is 1. The summed E-state index contributed by atoms with van der Waals surface area (Å²) < 4.78 is 54.2. The van der Waals surface area contributed by atoms with Gasteiger partial charge in [-0.2, -0.15) is 0 Å². The molecule has 1 aromatic rings. The van der Waals surface area contributed by atoms with Gasteiger partial charge in [0.25, 0.3) is 0 Å². The lowest BCUT2D eigenvalue weighted by Crippen LogP contribution is -2.24. The Morgan fingerprint density at radius 3 is 1.10 bits per heavy atom. The molecule has 0 aromatic heterocycles. The van der Waals surface area contributed by atoms with E-state index in [1.807, 2.05) is 109 Å². The average Bonchev–Trinajstić information content (AvgIpc) is 2.81. The van der Waals surface area contributed by atoms with Crippen LogP contribution < -0.4 is 0 Å². The van der Waals surface area contributed by atoms with Gasteiger partial charge in [-0.3, -0.25) is 9.13 Å². The number of phenols is 1. The second-order valence-corrected chi connectivity index (χ2v) is 19.9. The number of rotatable bonds is 16. The summed E-state index contributed by atoms with van der Waals surface area (Å²) in [5.41, 5.74) is 1.56. The molecule has 0 saturated carbocycles. The van der Waals surface area contributed by atoms with Crippen LogP contribution in [0.5, 0.6) is 5.75 Å². The SMILES string of the molecule is CC(C)COP(=O)(OCC(C)C)C(Cc1cc(C(C)(C)C)c(O)c(C(C)(C)C)c1)P(=O)(OCC(C)C)OCC(C)C. The lowest BCUT2D eigenvalue weighted by atomic mass is 9.78. The summed E-state index contributed by atoms with van der Waals surface area (Å²) in [6.07, 6.45) is 0.0768. The van der Waals surface area contributed by atoms with Crippen molar-refractivity contribution in [2.24, 2.45) is 23.7 Å². The van der Waals surface area contributed by atoms with Crippen LogP contribution in [-0.2, 0) is 44.5 Å². The number of phenolic OH excluding ortho intramolecular Hbond substituents is 1. The topological polar surface area (TPSA) is 91.3 Å². The first-order valence-electron chi connectivity index (χ1n) is 15.2. The first-order chi connectivity index (χ1) is 18.5. The molecular formula is C32H60O7P2. The molecule has 240 valence electrons. The van der Waals surface area contributed by atoms with Gasteiger partial charge in [-0.05, 0) is 57.6 Å². The molecule has 1 aromatic carbocycles. The molecule has 0 heterocycles. The van der Waals surface area contributed by atoms with Crippen molar-refractivity contribution in [1.29, 1.82) is 0 Å². The molecule has 0 amide bonds. The average molecular weight is 619 g/mol. The van der Waals surface area contributed by atoms with Crippen LogP contribution >= 0.6 is 15.2 Å². The fourth-order valence-electron chi connectivity index (χ4n) is 3.99. The van der Waals surface area contributed by atoms with Crippen molar-refractivity contribution in [3.63, 3.8) is 0 Å². The summed E-state index contributed by atoms with van der Waals surface area (Å²) in [5.74, 6) is 0.553. The molecule has 0 aliphatic carbocycles. The molecule has 1 rings (SSSR count). The van der Waals surface area contributed by atoms with Crippen molar-refractivity contribution >= 4 is 15.2 Å². The zero-order valence-electron chi connectivity index (χ0n) is 28.4. The van der Waals surface area contributed by atoms with E-state index in [2.05, 4.69) is 0 Å². The van der Waals surface area contributed by atoms with E-state index in [1.165, 1.54) is 0 Å². The van der Waals surface area contributed by atoms with Crippen LogP contribution in [0, 0.1) is 23.7 Å². The van der Waals surface area contributed by atoms with E-state index in [0.717, 1.165) is 16.7 Å². The smallest absolute Gasteiger partial charge is 0.346 e. The van der Waals surface area contributed by atoms with Gasteiger partial charge in [-0.1, -0.05) is 109 Å². The van der Waals surface area contributed by atoms with E-state index in [-0.39, 0.29) is 73.1 Å². The van der Waals surface area contributed by atoms with Gasteiger partial charge in [-0.15, -0.1) is 0 Å². The summed E-state index contributed by atoms with van der Waals surface area (Å²) in [7, 11) is -8.09. The molecule has 41 heavy (non-hydrogen) atoms. The predicted molar refractivity (Wildman–Crippen MR) is 171 cm³/mol. The van der Waals surface area contributed by atoms with Gasteiger partial charge >= 0.3 is 15.2 Å². The van der Waals surface area contributed by atoms with Gasteiger partial charge in [0.15, 0.2) is 5.40 Å². The van der Waals surface area contributed by atoms with E-state index in [9.17, 15) is 14.2 Å². The molecule has 0 unspecified atom stereocenters. The highest BCUT2D eigenvalue weighted by Gasteiger charge is 2.52. The molecule has 0 aliphatic rings. The van der Waals surface area contributed by atoms with E-state index in [1.54, 1.807) is 0 Å². The second-order valence-electron chi connectivity index (χ2n) is 15.1. The van der Waals surface area contributed by atoms with Gasteiger partial charge < -0.3 is 23.2 Å². The Morgan fingerprint density at radius 1 is 0.610 bits per heavy atom. The van der Waals surface area contributed by atoms with E-state index < -0.39 is 20.6 Å². The third-order valence-electron chi connectivity index (χ3n) is 6.29. The molecule has 1 N–H and O–H groups in total. The van der Waals surface area contributed by atoms with Crippen molar-refractivity contribution in [2.75, 3.05) is 26.4 Å². The summed E-state index contributed by atoms with van der Waals surface area (Å²) in [4.78, 5) is 0. The molecule has 0 saturated heterocycles. The summed E-state index contributed by atoms with van der Waals surface area (Å²) in [6, 6.07) is 3.84. The monoisotopic (exact) mass is 618 g/mol. The lowest BCUT2D eigenvalue weighted by Gasteiger charge is -2.34. The summed E-state index contributed by atoms with van der Waals surface area (Å²) in [5, 5.41) is 10.1. The lowest BCUT2D eigenvalue weighted by molar-refractivity contribution is 0.152. The van der Waals surface area contributed by atoms with Crippen LogP contribution in [-0.4, -0.2) is 36.9 Å². The Hall–Kier alpha value is -0.680. The third kappa shape index (κ3) is 12.1. The standard InChI is InChI=1S/C32H60O7P2/c1-22(2)18-36-40(34,37-19-23(3)4)29(41(35,38-20-24(5)6)39-21-25(7)8)17-26-15-27(31(9,10)11)30(33)28(16-26)32(12,13)14/h15-16,22-25,29,33H,17-21H2,1-14H3. The predicted octanol–water partition coefficient (Wildman–Crippen LogP) is 9.93.